The molecular weight excluding hydrogens is 340 g/mol. The lowest BCUT2D eigenvalue weighted by Gasteiger charge is -2.38. The normalized spacial score (nSPS) is 17.9. The lowest BCUT2D eigenvalue weighted by atomic mass is 10.1. The van der Waals surface area contributed by atoms with Gasteiger partial charge in [-0.05, 0) is 39.3 Å². The fraction of sp³-hybridized carbons (Fsp3) is 0.619. The monoisotopic (exact) mass is 374 g/mol. The molecule has 0 radical (unpaired) electrons. The number of nitrogens with one attached hydrogen (secondary N) is 1. The van der Waals surface area contributed by atoms with Gasteiger partial charge in [0.15, 0.2) is 0 Å². The van der Waals surface area contributed by atoms with Crippen LogP contribution in [0.2, 0.25) is 0 Å². The van der Waals surface area contributed by atoms with Crippen molar-refractivity contribution in [2.45, 2.75) is 46.2 Å². The molecular formula is C21H34N4O2. The predicted molar refractivity (Wildman–Crippen MR) is 110 cm³/mol. The van der Waals surface area contributed by atoms with E-state index >= 15 is 0 Å². The van der Waals surface area contributed by atoms with Crippen molar-refractivity contribution in [1.29, 1.82) is 0 Å². The van der Waals surface area contributed by atoms with Gasteiger partial charge in [-0.1, -0.05) is 25.1 Å². The van der Waals surface area contributed by atoms with Crippen molar-refractivity contribution in [3.63, 3.8) is 0 Å². The first-order valence-corrected chi connectivity index (χ1v) is 10.1. The van der Waals surface area contributed by atoms with Crippen molar-refractivity contribution in [2.24, 2.45) is 0 Å². The summed E-state index contributed by atoms with van der Waals surface area (Å²) in [6.45, 7) is 12.4. The maximum absolute atomic E-state index is 13.0. The summed E-state index contributed by atoms with van der Waals surface area (Å²) in [5.41, 5.74) is 0.942. The molecule has 0 spiro atoms. The average molecular weight is 375 g/mol. The molecule has 6 nitrogen and oxygen atoms in total. The van der Waals surface area contributed by atoms with Crippen LogP contribution in [0.1, 0.15) is 34.1 Å². The first-order valence-electron chi connectivity index (χ1n) is 10.1. The van der Waals surface area contributed by atoms with Gasteiger partial charge in [0.1, 0.15) is 0 Å². The van der Waals surface area contributed by atoms with E-state index in [9.17, 15) is 9.59 Å². The van der Waals surface area contributed by atoms with Gasteiger partial charge in [-0.2, -0.15) is 0 Å². The molecule has 2 atom stereocenters. The summed E-state index contributed by atoms with van der Waals surface area (Å²) >= 11 is 0. The van der Waals surface area contributed by atoms with E-state index in [2.05, 4.69) is 22.0 Å². The number of nitrogens with zero attached hydrogens (tertiary/aromatic N) is 3. The molecule has 1 aliphatic rings. The summed E-state index contributed by atoms with van der Waals surface area (Å²) in [7, 11) is 0. The van der Waals surface area contributed by atoms with Gasteiger partial charge >= 0.3 is 0 Å². The van der Waals surface area contributed by atoms with Crippen molar-refractivity contribution in [3.8, 4) is 0 Å². The zero-order chi connectivity index (χ0) is 19.8. The number of piperazine rings is 1. The summed E-state index contributed by atoms with van der Waals surface area (Å²) in [4.78, 5) is 31.3. The summed E-state index contributed by atoms with van der Waals surface area (Å²) in [6, 6.07) is 9.88. The van der Waals surface area contributed by atoms with Gasteiger partial charge in [0.05, 0.1) is 12.6 Å². The summed E-state index contributed by atoms with van der Waals surface area (Å²) in [6.07, 6.45) is 0.939. The number of rotatable bonds is 8. The number of anilines is 1. The first kappa shape index (κ1) is 21.4. The molecule has 2 unspecified atom stereocenters. The molecule has 2 amide bonds. The van der Waals surface area contributed by atoms with Crippen LogP contribution in [0, 0.1) is 0 Å². The van der Waals surface area contributed by atoms with Crippen LogP contribution >= 0.6 is 0 Å². The minimum atomic E-state index is -0.166. The zero-order valence-corrected chi connectivity index (χ0v) is 17.1. The Morgan fingerprint density at radius 1 is 1.07 bits per heavy atom. The molecule has 0 aromatic heterocycles. The van der Waals surface area contributed by atoms with Crippen LogP contribution in [0.4, 0.5) is 5.69 Å². The van der Waals surface area contributed by atoms with E-state index in [-0.39, 0.29) is 23.9 Å². The Morgan fingerprint density at radius 2 is 1.70 bits per heavy atom. The van der Waals surface area contributed by atoms with E-state index in [4.69, 9.17) is 0 Å². The number of carbonyl (C=O) groups is 2. The lowest BCUT2D eigenvalue weighted by Crippen LogP contribution is -2.56. The molecule has 1 aromatic carbocycles. The van der Waals surface area contributed by atoms with Crippen molar-refractivity contribution in [3.05, 3.63) is 30.3 Å². The van der Waals surface area contributed by atoms with E-state index in [1.807, 2.05) is 56.0 Å². The van der Waals surface area contributed by atoms with Crippen molar-refractivity contribution in [1.82, 2.24) is 15.1 Å². The number of amides is 2. The van der Waals surface area contributed by atoms with Crippen LogP contribution in [0.15, 0.2) is 30.3 Å². The molecule has 27 heavy (non-hydrogen) atoms. The second-order valence-electron chi connectivity index (χ2n) is 7.28. The van der Waals surface area contributed by atoms with Crippen molar-refractivity contribution >= 4 is 17.5 Å². The Labute approximate surface area is 163 Å². The maximum Gasteiger partial charge on any atom is 0.244 e. The molecule has 1 aromatic rings. The molecule has 0 saturated carbocycles. The first-order chi connectivity index (χ1) is 13.0. The van der Waals surface area contributed by atoms with Gasteiger partial charge in [-0.25, -0.2) is 0 Å². The molecule has 1 N–H and O–H groups in total. The Balaban J connectivity index is 1.85. The van der Waals surface area contributed by atoms with Crippen LogP contribution in [0.5, 0.6) is 0 Å². The minimum absolute atomic E-state index is 0.0863. The van der Waals surface area contributed by atoms with Gasteiger partial charge in [0.25, 0.3) is 0 Å². The minimum Gasteiger partial charge on any atom is -0.353 e. The maximum atomic E-state index is 13.0. The average Bonchev–Trinajstić information content (AvgIpc) is 2.69. The second-order valence-corrected chi connectivity index (χ2v) is 7.28. The highest BCUT2D eigenvalue weighted by molar-refractivity contribution is 5.96. The van der Waals surface area contributed by atoms with E-state index in [1.54, 1.807) is 0 Å². The van der Waals surface area contributed by atoms with E-state index < -0.39 is 0 Å². The van der Waals surface area contributed by atoms with Gasteiger partial charge in [-0.15, -0.1) is 0 Å². The Hall–Kier alpha value is -1.92. The molecule has 0 aliphatic carbocycles. The van der Waals surface area contributed by atoms with Crippen LogP contribution in [-0.4, -0.2) is 73.0 Å². The third-order valence-corrected chi connectivity index (χ3v) is 5.35. The second kappa shape index (κ2) is 10.4. The topological polar surface area (TPSA) is 55.9 Å². The third-order valence-electron chi connectivity index (χ3n) is 5.35. The number of para-hydroxylation sites is 1. The van der Waals surface area contributed by atoms with E-state index in [0.29, 0.717) is 13.1 Å². The molecule has 150 valence electrons. The van der Waals surface area contributed by atoms with Crippen molar-refractivity contribution < 1.29 is 9.59 Å². The quantitative estimate of drug-likeness (QED) is 0.756. The Kier molecular flexibility index (Phi) is 8.25. The number of benzene rings is 1. The fourth-order valence-corrected chi connectivity index (χ4v) is 3.39. The lowest BCUT2D eigenvalue weighted by molar-refractivity contribution is -0.126. The van der Waals surface area contributed by atoms with Gasteiger partial charge < -0.3 is 10.2 Å². The highest BCUT2D eigenvalue weighted by Crippen LogP contribution is 2.17. The van der Waals surface area contributed by atoms with Crippen LogP contribution < -0.4 is 10.2 Å². The molecule has 1 heterocycles. The molecule has 1 saturated heterocycles. The van der Waals surface area contributed by atoms with Crippen LogP contribution in [0.3, 0.4) is 0 Å². The molecule has 1 aliphatic heterocycles. The molecule has 1 fully saturated rings. The molecule has 2 rings (SSSR count). The number of hydrogen-bond donors (Lipinski definition) is 1. The van der Waals surface area contributed by atoms with Gasteiger partial charge in [0.2, 0.25) is 11.8 Å². The summed E-state index contributed by atoms with van der Waals surface area (Å²) in [5.74, 6) is 0.217. The van der Waals surface area contributed by atoms with Crippen LogP contribution in [-0.2, 0) is 9.59 Å². The van der Waals surface area contributed by atoms with Gasteiger partial charge in [-0.3, -0.25) is 19.4 Å². The largest absolute Gasteiger partial charge is 0.353 e. The zero-order valence-electron chi connectivity index (χ0n) is 17.1. The van der Waals surface area contributed by atoms with Crippen LogP contribution in [0.25, 0.3) is 0 Å². The standard InChI is InChI=1S/C21H34N4O2/c1-5-17(3)22-20(26)16-23-12-14-24(15-13-23)18(4)21(27)25(6-2)19-10-8-7-9-11-19/h7-11,17-18H,5-6,12-16H2,1-4H3,(H,22,26). The fourth-order valence-electron chi connectivity index (χ4n) is 3.39. The smallest absolute Gasteiger partial charge is 0.244 e. The highest BCUT2D eigenvalue weighted by atomic mass is 16.2. The van der Waals surface area contributed by atoms with Gasteiger partial charge in [0, 0.05) is 44.5 Å². The summed E-state index contributed by atoms with van der Waals surface area (Å²) < 4.78 is 0. The number of carbonyl (C=O) groups excluding carboxylic acids is 2. The summed E-state index contributed by atoms with van der Waals surface area (Å²) in [5, 5.41) is 3.01. The van der Waals surface area contributed by atoms with E-state index in [0.717, 1.165) is 38.3 Å². The van der Waals surface area contributed by atoms with Crippen molar-refractivity contribution in [2.75, 3.05) is 44.2 Å². The third kappa shape index (κ3) is 6.04. The SMILES string of the molecule is CCC(C)NC(=O)CN1CCN(C(C)C(=O)N(CC)c2ccccc2)CC1. The Morgan fingerprint density at radius 3 is 2.26 bits per heavy atom. The van der Waals surface area contributed by atoms with E-state index in [1.165, 1.54) is 0 Å². The highest BCUT2D eigenvalue weighted by Gasteiger charge is 2.29. The number of hydrogen-bond acceptors (Lipinski definition) is 4. The Bertz CT molecular complexity index is 599. The number of likely N-dealkylation sites (N-methyl/N-ethyl adjacent to an activating group) is 1. The molecule has 0 bridgehead atoms. The predicted octanol–water partition coefficient (Wildman–Crippen LogP) is 1.96. The molecule has 6 heteroatoms.